The normalized spacial score (nSPS) is 16.7. The van der Waals surface area contributed by atoms with Crippen LogP contribution in [0.1, 0.15) is 36.0 Å². The Morgan fingerprint density at radius 3 is 3.00 bits per heavy atom. The van der Waals surface area contributed by atoms with Crippen molar-refractivity contribution in [2.24, 2.45) is 0 Å². The van der Waals surface area contributed by atoms with Crippen molar-refractivity contribution in [3.8, 4) is 0 Å². The number of hydrogen-bond acceptors (Lipinski definition) is 5. The number of carbonyl (C=O) groups is 1. The van der Waals surface area contributed by atoms with Gasteiger partial charge in [-0.3, -0.25) is 9.36 Å². The number of piperidine rings is 1. The Hall–Kier alpha value is -3.29. The minimum Gasteiger partial charge on any atom is -0.445 e. The predicted octanol–water partition coefficient (Wildman–Crippen LogP) is 2.37. The maximum Gasteiger partial charge on any atom is 0.347 e. The molecule has 0 radical (unpaired) electrons. The summed E-state index contributed by atoms with van der Waals surface area (Å²) in [5.41, 5.74) is 0.374. The van der Waals surface area contributed by atoms with Crippen molar-refractivity contribution in [2.45, 2.75) is 31.7 Å². The van der Waals surface area contributed by atoms with Crippen molar-refractivity contribution in [1.29, 1.82) is 0 Å². The third kappa shape index (κ3) is 4.59. The lowest BCUT2D eigenvalue weighted by Crippen LogP contribution is -2.42. The molecule has 0 unspecified atom stereocenters. The fraction of sp³-hybridized carbons (Fsp3) is 0.333. The molecule has 7 nitrogen and oxygen atoms in total. The van der Waals surface area contributed by atoms with Crippen LogP contribution in [0, 0.1) is 5.82 Å². The first-order chi connectivity index (χ1) is 14.1. The van der Waals surface area contributed by atoms with Crippen LogP contribution in [-0.4, -0.2) is 38.4 Å². The average molecular weight is 396 g/mol. The Labute approximate surface area is 166 Å². The molecule has 2 aromatic heterocycles. The van der Waals surface area contributed by atoms with Crippen LogP contribution < -0.4 is 5.69 Å². The van der Waals surface area contributed by atoms with Gasteiger partial charge in [0.1, 0.15) is 18.1 Å². The maximum atomic E-state index is 13.4. The number of carbonyl (C=O) groups excluding carboxylic acids is 1. The van der Waals surface area contributed by atoms with Crippen molar-refractivity contribution < 1.29 is 13.6 Å². The summed E-state index contributed by atoms with van der Waals surface area (Å²) in [6, 6.07) is 8.01. The van der Waals surface area contributed by atoms with E-state index in [0.29, 0.717) is 31.2 Å². The summed E-state index contributed by atoms with van der Waals surface area (Å²) in [6.07, 6.45) is 6.79. The van der Waals surface area contributed by atoms with Crippen LogP contribution >= 0.6 is 0 Å². The van der Waals surface area contributed by atoms with E-state index in [2.05, 4.69) is 9.97 Å². The number of likely N-dealkylation sites (tertiary alicyclic amines) is 1. The Morgan fingerprint density at radius 2 is 2.17 bits per heavy atom. The highest BCUT2D eigenvalue weighted by molar-refractivity contribution is 5.76. The molecule has 150 valence electrons. The van der Waals surface area contributed by atoms with Gasteiger partial charge in [0.05, 0.1) is 12.1 Å². The molecule has 0 saturated carbocycles. The zero-order chi connectivity index (χ0) is 20.2. The molecule has 1 aliphatic rings. The smallest absolute Gasteiger partial charge is 0.347 e. The summed E-state index contributed by atoms with van der Waals surface area (Å²) >= 11 is 0. The van der Waals surface area contributed by atoms with E-state index in [4.69, 9.17) is 4.42 Å². The van der Waals surface area contributed by atoms with Gasteiger partial charge in [-0.15, -0.1) is 0 Å². The number of hydrogen-bond donors (Lipinski definition) is 0. The molecule has 1 saturated heterocycles. The number of benzene rings is 1. The van der Waals surface area contributed by atoms with Crippen molar-refractivity contribution in [3.63, 3.8) is 0 Å². The minimum atomic E-state index is -0.441. The first-order valence-corrected chi connectivity index (χ1v) is 9.57. The number of amides is 1. The fourth-order valence-electron chi connectivity index (χ4n) is 3.60. The Kier molecular flexibility index (Phi) is 5.50. The number of halogens is 1. The van der Waals surface area contributed by atoms with Gasteiger partial charge in [0, 0.05) is 31.9 Å². The second-order valence-corrected chi connectivity index (χ2v) is 7.18. The third-order valence-electron chi connectivity index (χ3n) is 5.05. The zero-order valence-corrected chi connectivity index (χ0v) is 15.8. The third-order valence-corrected chi connectivity index (χ3v) is 5.05. The molecular formula is C21H21FN4O3. The number of nitrogens with zero attached hydrogens (tertiary/aromatic N) is 4. The van der Waals surface area contributed by atoms with E-state index in [-0.39, 0.29) is 24.2 Å². The van der Waals surface area contributed by atoms with Crippen LogP contribution in [0.5, 0.6) is 0 Å². The standard InChI is InChI=1S/C21H21FN4O3/c22-17-6-1-4-15(10-17)11-18-12-24-20(29-18)16-5-2-8-25(13-16)19(27)14-26-9-3-7-23-21(26)28/h1,3-4,6-7,9-10,12,16H,2,5,8,11,13-14H2/t16-/m0/s1. The Morgan fingerprint density at radius 1 is 1.28 bits per heavy atom. The van der Waals surface area contributed by atoms with Gasteiger partial charge in [-0.05, 0) is 36.6 Å². The quantitative estimate of drug-likeness (QED) is 0.661. The largest absolute Gasteiger partial charge is 0.445 e. The molecule has 1 fully saturated rings. The maximum absolute atomic E-state index is 13.4. The molecule has 0 N–H and O–H groups in total. The van der Waals surface area contributed by atoms with Crippen molar-refractivity contribution in [2.75, 3.05) is 13.1 Å². The molecule has 3 heterocycles. The van der Waals surface area contributed by atoms with Crippen LogP contribution in [0.15, 0.2) is 58.1 Å². The lowest BCUT2D eigenvalue weighted by molar-refractivity contribution is -0.133. The summed E-state index contributed by atoms with van der Waals surface area (Å²) in [5.74, 6) is 0.843. The second kappa shape index (κ2) is 8.38. The lowest BCUT2D eigenvalue weighted by Gasteiger charge is -2.31. The zero-order valence-electron chi connectivity index (χ0n) is 15.8. The Balaban J connectivity index is 1.41. The van der Waals surface area contributed by atoms with E-state index >= 15 is 0 Å². The Bertz CT molecular complexity index is 1060. The van der Waals surface area contributed by atoms with Gasteiger partial charge in [0.2, 0.25) is 5.91 Å². The topological polar surface area (TPSA) is 81.2 Å². The number of rotatable bonds is 5. The van der Waals surface area contributed by atoms with Crippen LogP contribution in [0.3, 0.4) is 0 Å². The minimum absolute atomic E-state index is 0.000389. The van der Waals surface area contributed by atoms with Gasteiger partial charge in [-0.1, -0.05) is 12.1 Å². The highest BCUT2D eigenvalue weighted by Gasteiger charge is 2.28. The molecule has 1 aromatic carbocycles. The monoisotopic (exact) mass is 396 g/mol. The van der Waals surface area contributed by atoms with Crippen molar-refractivity contribution in [1.82, 2.24) is 19.4 Å². The first-order valence-electron chi connectivity index (χ1n) is 9.57. The molecule has 1 amide bonds. The second-order valence-electron chi connectivity index (χ2n) is 7.18. The molecule has 1 atom stereocenters. The van der Waals surface area contributed by atoms with Crippen LogP contribution in [0.2, 0.25) is 0 Å². The first kappa shape index (κ1) is 19.0. The van der Waals surface area contributed by atoms with Gasteiger partial charge in [0.15, 0.2) is 5.89 Å². The highest BCUT2D eigenvalue weighted by Crippen LogP contribution is 2.27. The molecule has 1 aliphatic heterocycles. The highest BCUT2D eigenvalue weighted by atomic mass is 19.1. The molecule has 8 heteroatoms. The lowest BCUT2D eigenvalue weighted by atomic mass is 9.98. The van der Waals surface area contributed by atoms with E-state index in [1.807, 2.05) is 6.07 Å². The summed E-state index contributed by atoms with van der Waals surface area (Å²) < 4.78 is 20.6. The van der Waals surface area contributed by atoms with Gasteiger partial charge in [-0.25, -0.2) is 19.2 Å². The number of oxazole rings is 1. The molecule has 29 heavy (non-hydrogen) atoms. The molecule has 3 aromatic rings. The van der Waals surface area contributed by atoms with Gasteiger partial charge >= 0.3 is 5.69 Å². The van der Waals surface area contributed by atoms with Crippen LogP contribution in [0.25, 0.3) is 0 Å². The molecule has 0 spiro atoms. The van der Waals surface area contributed by atoms with Gasteiger partial charge in [-0.2, -0.15) is 0 Å². The molecule has 0 aliphatic carbocycles. The van der Waals surface area contributed by atoms with Crippen molar-refractivity contribution in [3.05, 3.63) is 82.4 Å². The summed E-state index contributed by atoms with van der Waals surface area (Å²) in [5, 5.41) is 0. The average Bonchev–Trinajstić information content (AvgIpc) is 3.18. The summed E-state index contributed by atoms with van der Waals surface area (Å²) in [7, 11) is 0. The van der Waals surface area contributed by atoms with E-state index in [9.17, 15) is 14.0 Å². The summed E-state index contributed by atoms with van der Waals surface area (Å²) in [6.45, 7) is 1.10. The fourth-order valence-corrected chi connectivity index (χ4v) is 3.60. The SMILES string of the molecule is O=C(Cn1cccnc1=O)N1CCC[C@H](c2ncc(Cc3cccc(F)c3)o2)C1. The van der Waals surface area contributed by atoms with Gasteiger partial charge in [0.25, 0.3) is 0 Å². The molecular weight excluding hydrogens is 375 g/mol. The van der Waals surface area contributed by atoms with E-state index in [1.165, 1.54) is 22.9 Å². The van der Waals surface area contributed by atoms with E-state index < -0.39 is 5.69 Å². The van der Waals surface area contributed by atoms with E-state index in [1.54, 1.807) is 29.4 Å². The molecule has 0 bridgehead atoms. The van der Waals surface area contributed by atoms with Crippen LogP contribution in [-0.2, 0) is 17.8 Å². The van der Waals surface area contributed by atoms with Crippen LogP contribution in [0.4, 0.5) is 4.39 Å². The molecule has 4 rings (SSSR count). The van der Waals surface area contributed by atoms with Gasteiger partial charge < -0.3 is 9.32 Å². The number of aromatic nitrogens is 3. The predicted molar refractivity (Wildman–Crippen MR) is 103 cm³/mol. The van der Waals surface area contributed by atoms with E-state index in [0.717, 1.165) is 18.4 Å². The van der Waals surface area contributed by atoms with Crippen molar-refractivity contribution >= 4 is 5.91 Å². The summed E-state index contributed by atoms with van der Waals surface area (Å²) in [4.78, 5) is 34.2.